The van der Waals surface area contributed by atoms with Crippen LogP contribution in [0, 0.1) is 18.8 Å². The summed E-state index contributed by atoms with van der Waals surface area (Å²) >= 11 is 3.32. The van der Waals surface area contributed by atoms with E-state index in [1.54, 1.807) is 22.7 Å². The van der Waals surface area contributed by atoms with E-state index in [0.29, 0.717) is 0 Å². The monoisotopic (exact) mass is 517 g/mol. The van der Waals surface area contributed by atoms with Gasteiger partial charge in [-0.25, -0.2) is 4.98 Å². The summed E-state index contributed by atoms with van der Waals surface area (Å²) in [7, 11) is 7.79. The Labute approximate surface area is 220 Å². The molecule has 2 heterocycles. The minimum Gasteiger partial charge on any atom is -0.297 e. The summed E-state index contributed by atoms with van der Waals surface area (Å²) in [6.07, 6.45) is 0. The zero-order valence-corrected chi connectivity index (χ0v) is 24.9. The smallest absolute Gasteiger partial charge is 0.157 e. The summed E-state index contributed by atoms with van der Waals surface area (Å²) in [5.41, 5.74) is 3.13. The van der Waals surface area contributed by atoms with Gasteiger partial charge in [-0.3, -0.25) is 19.4 Å². The second-order valence-electron chi connectivity index (χ2n) is 9.36. The average molecular weight is 518 g/mol. The number of thiazole rings is 1. The first kappa shape index (κ1) is 31.1. The minimum absolute atomic E-state index is 0.0280. The second-order valence-corrected chi connectivity index (χ2v) is 11.4. The molecule has 0 radical (unpaired) electrons. The van der Waals surface area contributed by atoms with E-state index >= 15 is 0 Å². The minimum atomic E-state index is -0.189. The quantitative estimate of drug-likeness (QED) is 0.321. The molecule has 1 aromatic carbocycles. The number of ketones is 2. The fraction of sp³-hybridized carbons (Fsp3) is 0.536. The van der Waals surface area contributed by atoms with Crippen LogP contribution < -0.4 is 0 Å². The largest absolute Gasteiger partial charge is 0.297 e. The second kappa shape index (κ2) is 14.6. The van der Waals surface area contributed by atoms with Crippen LogP contribution in [0.1, 0.15) is 69.8 Å². The van der Waals surface area contributed by atoms with E-state index in [1.165, 1.54) is 4.70 Å². The highest BCUT2D eigenvalue weighted by Crippen LogP contribution is 2.28. The Kier molecular flexibility index (Phi) is 13.0. The van der Waals surface area contributed by atoms with Crippen molar-refractivity contribution in [1.82, 2.24) is 14.8 Å². The highest BCUT2D eigenvalue weighted by atomic mass is 32.1. The number of benzene rings is 1. The molecule has 2 atom stereocenters. The van der Waals surface area contributed by atoms with Crippen LogP contribution in [0.4, 0.5) is 0 Å². The number of carbonyl (C=O) groups excluding carboxylic acids is 2. The SMILES string of the molecule is CC.CC(C)C(=O)C(c1ccsc1)N(C)C.Cc1nc2cc(C(C(=O)C(C)C)N(C)C)ccc2s1. The van der Waals surface area contributed by atoms with Gasteiger partial charge in [-0.1, -0.05) is 47.6 Å². The predicted molar refractivity (Wildman–Crippen MR) is 153 cm³/mol. The molecule has 0 amide bonds. The summed E-state index contributed by atoms with van der Waals surface area (Å²) in [6.45, 7) is 13.8. The molecule has 194 valence electrons. The maximum Gasteiger partial charge on any atom is 0.157 e. The number of rotatable bonds is 8. The summed E-state index contributed by atoms with van der Waals surface area (Å²) in [6, 6.07) is 7.91. The van der Waals surface area contributed by atoms with E-state index < -0.39 is 0 Å². The Bertz CT molecular complexity index is 1050. The number of carbonyl (C=O) groups is 2. The molecule has 0 fully saturated rings. The van der Waals surface area contributed by atoms with Crippen LogP contribution in [0.15, 0.2) is 35.0 Å². The number of nitrogens with zero attached hydrogens (tertiary/aromatic N) is 3. The van der Waals surface area contributed by atoms with Gasteiger partial charge >= 0.3 is 0 Å². The van der Waals surface area contributed by atoms with Gasteiger partial charge in [-0.2, -0.15) is 11.3 Å². The van der Waals surface area contributed by atoms with E-state index in [1.807, 2.05) is 115 Å². The first-order valence-electron chi connectivity index (χ1n) is 12.2. The van der Waals surface area contributed by atoms with Gasteiger partial charge in [0.25, 0.3) is 0 Å². The third kappa shape index (κ3) is 8.60. The number of Topliss-reactive ketones (excluding diaryl/α,β-unsaturated/α-hetero) is 2. The van der Waals surface area contributed by atoms with E-state index in [2.05, 4.69) is 11.1 Å². The van der Waals surface area contributed by atoms with Crippen LogP contribution >= 0.6 is 22.7 Å². The Hall–Kier alpha value is -1.93. The lowest BCUT2D eigenvalue weighted by Crippen LogP contribution is -2.30. The number of thiophene rings is 1. The molecular formula is C28H43N3O2S2. The number of aryl methyl sites for hydroxylation is 1. The third-order valence-electron chi connectivity index (χ3n) is 5.40. The van der Waals surface area contributed by atoms with Crippen molar-refractivity contribution < 1.29 is 9.59 Å². The van der Waals surface area contributed by atoms with Gasteiger partial charge in [0.15, 0.2) is 11.6 Å². The van der Waals surface area contributed by atoms with E-state index in [0.717, 1.165) is 21.7 Å². The van der Waals surface area contributed by atoms with Crippen molar-refractivity contribution in [3.05, 3.63) is 51.2 Å². The Morgan fingerprint density at radius 3 is 1.77 bits per heavy atom. The van der Waals surface area contributed by atoms with Crippen molar-refractivity contribution in [1.29, 1.82) is 0 Å². The van der Waals surface area contributed by atoms with Crippen LogP contribution in [0.3, 0.4) is 0 Å². The van der Waals surface area contributed by atoms with Gasteiger partial charge in [-0.15, -0.1) is 11.3 Å². The number of fused-ring (bicyclic) bond motifs is 1. The molecule has 5 nitrogen and oxygen atoms in total. The van der Waals surface area contributed by atoms with Crippen molar-refractivity contribution in [2.24, 2.45) is 11.8 Å². The fourth-order valence-electron chi connectivity index (χ4n) is 3.73. The van der Waals surface area contributed by atoms with Gasteiger partial charge in [0.2, 0.25) is 0 Å². The van der Waals surface area contributed by atoms with Crippen LogP contribution in [-0.2, 0) is 9.59 Å². The molecule has 0 aliphatic rings. The predicted octanol–water partition coefficient (Wildman–Crippen LogP) is 7.03. The van der Waals surface area contributed by atoms with E-state index in [-0.39, 0.29) is 35.5 Å². The van der Waals surface area contributed by atoms with Crippen molar-refractivity contribution in [2.45, 2.75) is 60.5 Å². The molecule has 0 aliphatic carbocycles. The van der Waals surface area contributed by atoms with Crippen LogP contribution in [0.25, 0.3) is 10.2 Å². The maximum absolute atomic E-state index is 12.4. The number of hydrogen-bond donors (Lipinski definition) is 0. The summed E-state index contributed by atoms with van der Waals surface area (Å²) in [5.74, 6) is 0.646. The zero-order valence-electron chi connectivity index (χ0n) is 23.2. The lowest BCUT2D eigenvalue weighted by atomic mass is 9.94. The van der Waals surface area contributed by atoms with Crippen molar-refractivity contribution in [3.8, 4) is 0 Å². The molecule has 0 aliphatic heterocycles. The zero-order chi connectivity index (χ0) is 26.9. The molecule has 3 rings (SSSR count). The van der Waals surface area contributed by atoms with Gasteiger partial charge in [0, 0.05) is 11.8 Å². The molecule has 2 aromatic heterocycles. The average Bonchev–Trinajstić information content (AvgIpc) is 3.43. The molecule has 35 heavy (non-hydrogen) atoms. The molecule has 0 spiro atoms. The van der Waals surface area contributed by atoms with Crippen LogP contribution in [0.5, 0.6) is 0 Å². The molecule has 0 bridgehead atoms. The normalized spacial score (nSPS) is 12.9. The lowest BCUT2D eigenvalue weighted by molar-refractivity contribution is -0.127. The standard InChI is InChI=1S/C15H20N2OS.C11H17NOS.C2H6/c1-9(2)15(18)14(17(4)5)11-6-7-13-12(8-11)16-10(3)19-13;1-8(2)11(13)10(12(3)4)9-5-6-14-7-9;1-2/h6-9,14H,1-5H3;5-8,10H,1-4H3;1-2H3. The van der Waals surface area contributed by atoms with Crippen LogP contribution in [-0.4, -0.2) is 54.5 Å². The first-order chi connectivity index (χ1) is 16.4. The lowest BCUT2D eigenvalue weighted by Gasteiger charge is -2.25. The molecule has 3 aromatic rings. The maximum atomic E-state index is 12.4. The van der Waals surface area contributed by atoms with Crippen molar-refractivity contribution >= 4 is 44.5 Å². The fourth-order valence-corrected chi connectivity index (χ4v) is 5.21. The van der Waals surface area contributed by atoms with Crippen molar-refractivity contribution in [2.75, 3.05) is 28.2 Å². The van der Waals surface area contributed by atoms with E-state index in [9.17, 15) is 9.59 Å². The van der Waals surface area contributed by atoms with E-state index in [4.69, 9.17) is 0 Å². The van der Waals surface area contributed by atoms with Gasteiger partial charge < -0.3 is 0 Å². The molecule has 7 heteroatoms. The Morgan fingerprint density at radius 2 is 1.34 bits per heavy atom. The highest BCUT2D eigenvalue weighted by molar-refractivity contribution is 7.18. The third-order valence-corrected chi connectivity index (χ3v) is 7.06. The Balaban J connectivity index is 0.000000341. The van der Waals surface area contributed by atoms with Gasteiger partial charge in [-0.05, 0) is 75.2 Å². The first-order valence-corrected chi connectivity index (χ1v) is 14.0. The molecule has 0 saturated heterocycles. The number of hydrogen-bond acceptors (Lipinski definition) is 7. The highest BCUT2D eigenvalue weighted by Gasteiger charge is 2.26. The summed E-state index contributed by atoms with van der Waals surface area (Å²) < 4.78 is 1.18. The molecule has 0 saturated carbocycles. The van der Waals surface area contributed by atoms with Gasteiger partial charge in [0.1, 0.15) is 0 Å². The van der Waals surface area contributed by atoms with Crippen molar-refractivity contribution in [3.63, 3.8) is 0 Å². The summed E-state index contributed by atoms with van der Waals surface area (Å²) in [5, 5.41) is 5.12. The van der Waals surface area contributed by atoms with Crippen LogP contribution in [0.2, 0.25) is 0 Å². The topological polar surface area (TPSA) is 53.5 Å². The number of likely N-dealkylation sites (N-methyl/N-ethyl adjacent to an activating group) is 2. The molecule has 0 N–H and O–H groups in total. The van der Waals surface area contributed by atoms with Gasteiger partial charge in [0.05, 0.1) is 27.3 Å². The number of aromatic nitrogens is 1. The Morgan fingerprint density at radius 1 is 0.829 bits per heavy atom. The molecular weight excluding hydrogens is 474 g/mol. The summed E-state index contributed by atoms with van der Waals surface area (Å²) in [4.78, 5) is 32.8. The molecule has 2 unspecified atom stereocenters.